The topological polar surface area (TPSA) is 165 Å². The van der Waals surface area contributed by atoms with Gasteiger partial charge in [0.15, 0.2) is 0 Å². The number of methoxy groups -OCH3 is 1. The maximum Gasteiger partial charge on any atom is 0.255 e. The van der Waals surface area contributed by atoms with E-state index in [4.69, 9.17) is 9.72 Å². The molecule has 2 aromatic heterocycles. The molecule has 3 aromatic carbocycles. The van der Waals surface area contributed by atoms with E-state index in [0.29, 0.717) is 40.1 Å². The first-order chi connectivity index (χ1) is 32.7. The molecule has 3 N–H and O–H groups in total. The van der Waals surface area contributed by atoms with Gasteiger partial charge in [0.1, 0.15) is 24.8 Å². The highest BCUT2D eigenvalue weighted by Gasteiger charge is 2.61. The first kappa shape index (κ1) is 46.3. The third kappa shape index (κ3) is 8.77. The molecular formula is C51H60BrN10O5P. The number of piperazine rings is 1. The van der Waals surface area contributed by atoms with Crippen molar-refractivity contribution in [2.75, 3.05) is 81.8 Å². The van der Waals surface area contributed by atoms with Crippen molar-refractivity contribution in [1.29, 1.82) is 0 Å². The van der Waals surface area contributed by atoms with Gasteiger partial charge in [0.25, 0.3) is 5.91 Å². The quantitative estimate of drug-likeness (QED) is 0.0787. The molecular weight excluding hydrogens is 944 g/mol. The highest BCUT2D eigenvalue weighted by Crippen LogP contribution is 2.58. The Labute approximate surface area is 406 Å². The lowest BCUT2D eigenvalue weighted by atomic mass is 9.96. The number of aromatic nitrogens is 3. The Morgan fingerprint density at radius 1 is 0.912 bits per heavy atom. The van der Waals surface area contributed by atoms with Crippen molar-refractivity contribution in [3.05, 3.63) is 93.2 Å². The van der Waals surface area contributed by atoms with E-state index < -0.39 is 18.7 Å². The van der Waals surface area contributed by atoms with Crippen molar-refractivity contribution in [3.63, 3.8) is 0 Å². The maximum atomic E-state index is 14.1. The number of ether oxygens (including phenoxy) is 1. The van der Waals surface area contributed by atoms with Gasteiger partial charge in [-0.15, -0.1) is 0 Å². The van der Waals surface area contributed by atoms with Crippen molar-refractivity contribution in [1.82, 2.24) is 35.0 Å². The number of pyridine rings is 1. The molecule has 15 nitrogen and oxygen atoms in total. The fraction of sp³-hybridized carbons (Fsp3) is 0.451. The van der Waals surface area contributed by atoms with Crippen LogP contribution < -0.4 is 30.9 Å². The second-order valence-corrected chi connectivity index (χ2v) is 23.4. The molecule has 0 radical (unpaired) electrons. The number of amides is 3. The Hall–Kier alpha value is -5.41. The number of aryl methyl sites for hydroxylation is 2. The summed E-state index contributed by atoms with van der Waals surface area (Å²) in [6, 6.07) is 18.2. The Balaban J connectivity index is 0.755. The van der Waals surface area contributed by atoms with Gasteiger partial charge in [0.2, 0.25) is 17.8 Å². The minimum Gasteiger partial charge on any atom is -0.494 e. The largest absolute Gasteiger partial charge is 0.494 e. The molecule has 1 atom stereocenters. The Morgan fingerprint density at radius 2 is 1.69 bits per heavy atom. The minimum absolute atomic E-state index is 0.0533. The van der Waals surface area contributed by atoms with E-state index in [1.165, 1.54) is 11.3 Å². The van der Waals surface area contributed by atoms with Gasteiger partial charge in [-0.3, -0.25) is 29.6 Å². The fourth-order valence-corrected chi connectivity index (χ4v) is 13.0. The first-order valence-corrected chi connectivity index (χ1v) is 27.4. The summed E-state index contributed by atoms with van der Waals surface area (Å²) in [5.41, 5.74) is 8.08. The molecule has 5 aliphatic rings. The lowest BCUT2D eigenvalue weighted by Crippen LogP contribution is -2.55. The van der Waals surface area contributed by atoms with Gasteiger partial charge in [-0.1, -0.05) is 31.2 Å². The number of fused-ring (bicyclic) bond motifs is 3. The second-order valence-electron chi connectivity index (χ2n) is 19.4. The molecule has 3 amide bonds. The van der Waals surface area contributed by atoms with Gasteiger partial charge in [0.05, 0.1) is 34.0 Å². The number of imide groups is 1. The van der Waals surface area contributed by atoms with Crippen molar-refractivity contribution in [2.24, 2.45) is 0 Å². The zero-order valence-electron chi connectivity index (χ0n) is 39.5. The molecule has 4 aliphatic heterocycles. The van der Waals surface area contributed by atoms with Crippen LogP contribution in [0.3, 0.4) is 0 Å². The SMILES string of the molecule is CCc1cc(Nc2ncc(Br)c(Nc3ccc4nc(C)ccc4c3P(C)(C)=O)n2)c(OC)cc1N1CCC(N2CCN(CCc3cccc4c3C(=O)N(C3CCC(=O)NC3=O)C43CC3)CC2)CC1. The highest BCUT2D eigenvalue weighted by atomic mass is 79.9. The summed E-state index contributed by atoms with van der Waals surface area (Å²) in [5, 5.41) is 10.9. The Morgan fingerprint density at radius 3 is 2.40 bits per heavy atom. The lowest BCUT2D eigenvalue weighted by Gasteiger charge is -2.43. The summed E-state index contributed by atoms with van der Waals surface area (Å²) in [6.07, 6.45) is 7.85. The highest BCUT2D eigenvalue weighted by molar-refractivity contribution is 9.10. The van der Waals surface area contributed by atoms with E-state index >= 15 is 0 Å². The van der Waals surface area contributed by atoms with Gasteiger partial charge in [-0.25, -0.2) is 4.98 Å². The van der Waals surface area contributed by atoms with Crippen LogP contribution in [0.5, 0.6) is 5.75 Å². The number of carbonyl (C=O) groups is 3. The summed E-state index contributed by atoms with van der Waals surface area (Å²) in [6.45, 7) is 14.5. The molecule has 17 heteroatoms. The minimum atomic E-state index is -2.73. The molecule has 356 valence electrons. The standard InChI is InChI=1S/C51H60BrN10O5P/c1-6-32-28-40(56-50-53-30-37(52)47(58-50)55-39-13-12-38-35(11-10-31(2)54-38)46(39)68(4,5)66)43(67-3)29-42(32)61-22-17-34(18-23-61)60-26-24-59(25-27-60)21-16-33-8-7-9-36-45(33)49(65)62(51(36)19-20-51)41-14-15-44(63)57-48(41)64/h7-13,28-30,34,41H,6,14-27H2,1-5H3,(H,57,63,64)(H2,53,55,56,58). The predicted molar refractivity (Wildman–Crippen MR) is 271 cm³/mol. The number of piperidine rings is 2. The number of benzene rings is 3. The van der Waals surface area contributed by atoms with Crippen LogP contribution in [0, 0.1) is 6.92 Å². The van der Waals surface area contributed by atoms with Crippen LogP contribution in [0.15, 0.2) is 65.3 Å². The second kappa shape index (κ2) is 18.5. The summed E-state index contributed by atoms with van der Waals surface area (Å²) in [4.78, 5) is 62.5. The first-order valence-electron chi connectivity index (χ1n) is 24.0. The molecule has 1 spiro atoms. The van der Waals surface area contributed by atoms with Crippen molar-refractivity contribution < 1.29 is 23.7 Å². The van der Waals surface area contributed by atoms with E-state index in [-0.39, 0.29) is 24.1 Å². The molecule has 1 aliphatic carbocycles. The molecule has 4 fully saturated rings. The molecule has 68 heavy (non-hydrogen) atoms. The van der Waals surface area contributed by atoms with Crippen LogP contribution in [-0.2, 0) is 32.5 Å². The summed E-state index contributed by atoms with van der Waals surface area (Å²) >= 11 is 3.63. The van der Waals surface area contributed by atoms with Gasteiger partial charge in [0, 0.05) is 98.2 Å². The summed E-state index contributed by atoms with van der Waals surface area (Å²) < 4.78 is 20.3. The number of nitrogens with one attached hydrogen (secondary N) is 3. The third-order valence-electron chi connectivity index (χ3n) is 14.8. The van der Waals surface area contributed by atoms with Crippen LogP contribution in [0.1, 0.15) is 78.2 Å². The van der Waals surface area contributed by atoms with E-state index in [1.54, 1.807) is 26.6 Å². The van der Waals surface area contributed by atoms with E-state index in [9.17, 15) is 18.9 Å². The number of nitrogens with zero attached hydrogens (tertiary/aromatic N) is 7. The van der Waals surface area contributed by atoms with Crippen molar-refractivity contribution in [3.8, 4) is 5.75 Å². The number of hydrogen-bond donors (Lipinski definition) is 3. The molecule has 5 aromatic rings. The number of carbonyl (C=O) groups excluding carboxylic acids is 3. The normalized spacial score (nSPS) is 20.0. The van der Waals surface area contributed by atoms with Gasteiger partial charge >= 0.3 is 0 Å². The average Bonchev–Trinajstić information content (AvgIpc) is 4.09. The predicted octanol–water partition coefficient (Wildman–Crippen LogP) is 7.48. The van der Waals surface area contributed by atoms with E-state index in [0.717, 1.165) is 129 Å². The molecule has 6 heterocycles. The third-order valence-corrected chi connectivity index (χ3v) is 16.9. The molecule has 3 saturated heterocycles. The lowest BCUT2D eigenvalue weighted by molar-refractivity contribution is -0.137. The van der Waals surface area contributed by atoms with Crippen LogP contribution in [0.2, 0.25) is 0 Å². The zero-order valence-corrected chi connectivity index (χ0v) is 42.0. The number of halogens is 1. The smallest absolute Gasteiger partial charge is 0.255 e. The summed E-state index contributed by atoms with van der Waals surface area (Å²) in [5.74, 6) is 0.971. The fourth-order valence-electron chi connectivity index (χ4n) is 11.2. The Kier molecular flexibility index (Phi) is 12.6. The molecule has 0 bridgehead atoms. The zero-order chi connectivity index (χ0) is 47.5. The Bertz CT molecular complexity index is 2870. The van der Waals surface area contributed by atoms with Crippen molar-refractivity contribution in [2.45, 2.75) is 82.8 Å². The maximum absolute atomic E-state index is 14.1. The van der Waals surface area contributed by atoms with Crippen LogP contribution in [0.25, 0.3) is 10.9 Å². The average molecular weight is 1000 g/mol. The monoisotopic (exact) mass is 1000 g/mol. The van der Waals surface area contributed by atoms with E-state index in [1.807, 2.05) is 36.1 Å². The van der Waals surface area contributed by atoms with Gasteiger partial charge < -0.3 is 34.6 Å². The van der Waals surface area contributed by atoms with Gasteiger partial charge in [-0.2, -0.15) is 4.98 Å². The number of hydrogen-bond acceptors (Lipinski definition) is 13. The summed E-state index contributed by atoms with van der Waals surface area (Å²) in [7, 11) is -1.04. The molecule has 10 rings (SSSR count). The van der Waals surface area contributed by atoms with E-state index in [2.05, 4.69) is 93.8 Å². The van der Waals surface area contributed by atoms with Gasteiger partial charge in [-0.05, 0) is 122 Å². The number of anilines is 5. The van der Waals surface area contributed by atoms with Crippen molar-refractivity contribution >= 4 is 85.8 Å². The van der Waals surface area contributed by atoms with Crippen LogP contribution in [0.4, 0.5) is 28.8 Å². The van der Waals surface area contributed by atoms with Crippen LogP contribution in [-0.4, -0.2) is 126 Å². The molecule has 1 saturated carbocycles. The molecule has 1 unspecified atom stereocenters. The number of rotatable bonds is 13. The van der Waals surface area contributed by atoms with Crippen LogP contribution >= 0.6 is 23.1 Å².